The van der Waals surface area contributed by atoms with Gasteiger partial charge >= 0.3 is 0 Å². The third-order valence-electron chi connectivity index (χ3n) is 2.80. The number of morpholine rings is 1. The van der Waals surface area contributed by atoms with Crippen molar-refractivity contribution < 1.29 is 9.53 Å². The Balaban J connectivity index is 1.95. The highest BCUT2D eigenvalue weighted by Gasteiger charge is 2.42. The average Bonchev–Trinajstić information content (AvgIpc) is 2.14. The molecular weight excluding hydrogens is 168 g/mol. The quantitative estimate of drug-likeness (QED) is 0.603. The molecule has 4 heteroatoms. The number of rotatable bonds is 1. The second-order valence-corrected chi connectivity index (χ2v) is 3.80. The SMILES string of the molecule is CCC(=O)N1CCOC2(CNC2)C1. The predicted octanol–water partition coefficient (Wildman–Crippen LogP) is -0.403. The van der Waals surface area contributed by atoms with Gasteiger partial charge in [0.25, 0.3) is 0 Å². The van der Waals surface area contributed by atoms with Crippen molar-refractivity contribution in [3.63, 3.8) is 0 Å². The molecule has 0 unspecified atom stereocenters. The van der Waals surface area contributed by atoms with Crippen molar-refractivity contribution in [2.24, 2.45) is 0 Å². The minimum Gasteiger partial charge on any atom is -0.369 e. The maximum atomic E-state index is 11.4. The standard InChI is InChI=1S/C9H16N2O2/c1-2-8(12)11-3-4-13-9(7-11)5-10-6-9/h10H,2-7H2,1H3. The van der Waals surface area contributed by atoms with Crippen LogP contribution < -0.4 is 5.32 Å². The fourth-order valence-corrected chi connectivity index (χ4v) is 1.90. The van der Waals surface area contributed by atoms with Gasteiger partial charge in [-0.05, 0) is 0 Å². The fourth-order valence-electron chi connectivity index (χ4n) is 1.90. The number of nitrogens with zero attached hydrogens (tertiary/aromatic N) is 1. The molecule has 2 aliphatic rings. The third kappa shape index (κ3) is 1.56. The Labute approximate surface area is 78.2 Å². The molecule has 2 heterocycles. The van der Waals surface area contributed by atoms with E-state index in [0.29, 0.717) is 13.0 Å². The molecule has 2 fully saturated rings. The van der Waals surface area contributed by atoms with Gasteiger partial charge in [0.15, 0.2) is 0 Å². The highest BCUT2D eigenvalue weighted by atomic mass is 16.5. The summed E-state index contributed by atoms with van der Waals surface area (Å²) in [6.45, 7) is 5.90. The smallest absolute Gasteiger partial charge is 0.222 e. The van der Waals surface area contributed by atoms with Crippen molar-refractivity contribution in [1.29, 1.82) is 0 Å². The summed E-state index contributed by atoms with van der Waals surface area (Å²) < 4.78 is 5.67. The lowest BCUT2D eigenvalue weighted by atomic mass is 9.94. The second-order valence-electron chi connectivity index (χ2n) is 3.80. The summed E-state index contributed by atoms with van der Waals surface area (Å²) in [6, 6.07) is 0. The van der Waals surface area contributed by atoms with Gasteiger partial charge in [-0.1, -0.05) is 6.92 Å². The predicted molar refractivity (Wildman–Crippen MR) is 48.4 cm³/mol. The molecule has 4 nitrogen and oxygen atoms in total. The molecule has 0 aromatic heterocycles. The van der Waals surface area contributed by atoms with E-state index in [4.69, 9.17) is 4.74 Å². The van der Waals surface area contributed by atoms with E-state index >= 15 is 0 Å². The minimum atomic E-state index is -0.0525. The van der Waals surface area contributed by atoms with Gasteiger partial charge in [0, 0.05) is 26.1 Å². The van der Waals surface area contributed by atoms with E-state index in [9.17, 15) is 4.79 Å². The molecule has 0 saturated carbocycles. The van der Waals surface area contributed by atoms with Crippen LogP contribution in [0.5, 0.6) is 0 Å². The van der Waals surface area contributed by atoms with E-state index in [0.717, 1.165) is 26.2 Å². The van der Waals surface area contributed by atoms with E-state index in [1.165, 1.54) is 0 Å². The molecule has 0 aromatic rings. The summed E-state index contributed by atoms with van der Waals surface area (Å²) in [5.74, 6) is 0.245. The summed E-state index contributed by atoms with van der Waals surface area (Å²) in [6.07, 6.45) is 0.601. The van der Waals surface area contributed by atoms with E-state index in [1.54, 1.807) is 0 Å². The van der Waals surface area contributed by atoms with Crippen LogP contribution >= 0.6 is 0 Å². The summed E-state index contributed by atoms with van der Waals surface area (Å²) in [4.78, 5) is 13.4. The zero-order valence-corrected chi connectivity index (χ0v) is 8.01. The highest BCUT2D eigenvalue weighted by Crippen LogP contribution is 2.22. The summed E-state index contributed by atoms with van der Waals surface area (Å²) in [7, 11) is 0. The molecule has 0 atom stereocenters. The van der Waals surface area contributed by atoms with Crippen LogP contribution in [0.1, 0.15) is 13.3 Å². The van der Waals surface area contributed by atoms with Gasteiger partial charge in [0.2, 0.25) is 5.91 Å². The second kappa shape index (κ2) is 3.27. The molecule has 74 valence electrons. The Kier molecular flexibility index (Phi) is 2.26. The minimum absolute atomic E-state index is 0.0525. The van der Waals surface area contributed by atoms with Crippen LogP contribution in [0.4, 0.5) is 0 Å². The number of carbonyl (C=O) groups is 1. The summed E-state index contributed by atoms with van der Waals surface area (Å²) >= 11 is 0. The van der Waals surface area contributed by atoms with Gasteiger partial charge in [0.05, 0.1) is 13.2 Å². The number of hydrogen-bond donors (Lipinski definition) is 1. The van der Waals surface area contributed by atoms with Crippen molar-refractivity contribution in [1.82, 2.24) is 10.2 Å². The maximum absolute atomic E-state index is 11.4. The van der Waals surface area contributed by atoms with Crippen molar-refractivity contribution in [2.45, 2.75) is 18.9 Å². The first-order valence-corrected chi connectivity index (χ1v) is 4.88. The Bertz CT molecular complexity index is 214. The molecule has 2 saturated heterocycles. The van der Waals surface area contributed by atoms with E-state index < -0.39 is 0 Å². The lowest BCUT2D eigenvalue weighted by Crippen LogP contribution is -2.69. The van der Waals surface area contributed by atoms with Crippen molar-refractivity contribution in [2.75, 3.05) is 32.8 Å². The van der Waals surface area contributed by atoms with Gasteiger partial charge in [-0.2, -0.15) is 0 Å². The maximum Gasteiger partial charge on any atom is 0.222 e. The molecular formula is C9H16N2O2. The monoisotopic (exact) mass is 184 g/mol. The Hall–Kier alpha value is -0.610. The van der Waals surface area contributed by atoms with Crippen LogP contribution in [0.2, 0.25) is 0 Å². The molecule has 2 rings (SSSR count). The molecule has 13 heavy (non-hydrogen) atoms. The Morgan fingerprint density at radius 2 is 2.38 bits per heavy atom. The number of ether oxygens (including phenoxy) is 1. The van der Waals surface area contributed by atoms with E-state index in [-0.39, 0.29) is 11.5 Å². The van der Waals surface area contributed by atoms with Gasteiger partial charge < -0.3 is 15.0 Å². The number of carbonyl (C=O) groups excluding carboxylic acids is 1. The first kappa shape index (κ1) is 8.97. The van der Waals surface area contributed by atoms with E-state index in [1.807, 2.05) is 11.8 Å². The molecule has 1 spiro atoms. The molecule has 0 aliphatic carbocycles. The van der Waals surface area contributed by atoms with Crippen LogP contribution in [0, 0.1) is 0 Å². The zero-order valence-electron chi connectivity index (χ0n) is 8.01. The Morgan fingerprint density at radius 3 is 2.92 bits per heavy atom. The van der Waals surface area contributed by atoms with E-state index in [2.05, 4.69) is 5.32 Å². The van der Waals surface area contributed by atoms with Crippen molar-refractivity contribution >= 4 is 5.91 Å². The molecule has 2 aliphatic heterocycles. The number of amides is 1. The zero-order chi connectivity index (χ0) is 9.31. The van der Waals surface area contributed by atoms with Crippen LogP contribution in [0.25, 0.3) is 0 Å². The summed E-state index contributed by atoms with van der Waals surface area (Å²) in [5.41, 5.74) is -0.0525. The highest BCUT2D eigenvalue weighted by molar-refractivity contribution is 5.76. The molecule has 1 amide bonds. The largest absolute Gasteiger partial charge is 0.369 e. The van der Waals surface area contributed by atoms with Gasteiger partial charge in [-0.15, -0.1) is 0 Å². The molecule has 0 radical (unpaired) electrons. The van der Waals surface area contributed by atoms with Crippen LogP contribution in [-0.4, -0.2) is 49.2 Å². The van der Waals surface area contributed by atoms with Crippen molar-refractivity contribution in [3.8, 4) is 0 Å². The first-order chi connectivity index (χ1) is 6.26. The molecule has 1 N–H and O–H groups in total. The lowest BCUT2D eigenvalue weighted by Gasteiger charge is -2.48. The van der Waals surface area contributed by atoms with Crippen LogP contribution in [-0.2, 0) is 9.53 Å². The van der Waals surface area contributed by atoms with Crippen molar-refractivity contribution in [3.05, 3.63) is 0 Å². The topological polar surface area (TPSA) is 41.6 Å². The number of hydrogen-bond acceptors (Lipinski definition) is 3. The average molecular weight is 184 g/mol. The molecule has 0 aromatic carbocycles. The normalized spacial score (nSPS) is 25.8. The summed E-state index contributed by atoms with van der Waals surface area (Å²) in [5, 5.41) is 3.19. The van der Waals surface area contributed by atoms with Gasteiger partial charge in [0.1, 0.15) is 5.60 Å². The number of nitrogens with one attached hydrogen (secondary N) is 1. The van der Waals surface area contributed by atoms with Gasteiger partial charge in [-0.3, -0.25) is 4.79 Å². The Morgan fingerprint density at radius 1 is 1.62 bits per heavy atom. The molecule has 0 bridgehead atoms. The van der Waals surface area contributed by atoms with Crippen LogP contribution in [0.15, 0.2) is 0 Å². The first-order valence-electron chi connectivity index (χ1n) is 4.88. The van der Waals surface area contributed by atoms with Crippen LogP contribution in [0.3, 0.4) is 0 Å². The lowest BCUT2D eigenvalue weighted by molar-refractivity contribution is -0.159. The fraction of sp³-hybridized carbons (Fsp3) is 0.889. The van der Waals surface area contributed by atoms with Gasteiger partial charge in [-0.25, -0.2) is 0 Å². The third-order valence-corrected chi connectivity index (χ3v) is 2.80.